The van der Waals surface area contributed by atoms with Gasteiger partial charge in [0, 0.05) is 18.8 Å². The third-order valence-electron chi connectivity index (χ3n) is 3.29. The van der Waals surface area contributed by atoms with Crippen LogP contribution in [0.25, 0.3) is 4.85 Å². The van der Waals surface area contributed by atoms with E-state index in [4.69, 9.17) is 12.3 Å². The van der Waals surface area contributed by atoms with E-state index < -0.39 is 0 Å². The third-order valence-corrected chi connectivity index (χ3v) is 3.29. The summed E-state index contributed by atoms with van der Waals surface area (Å²) < 4.78 is 0. The second-order valence-electron chi connectivity index (χ2n) is 4.27. The number of benzene rings is 1. The van der Waals surface area contributed by atoms with Gasteiger partial charge >= 0.3 is 0 Å². The van der Waals surface area contributed by atoms with Gasteiger partial charge in [-0.2, -0.15) is 0 Å². The minimum Gasteiger partial charge on any atom is -0.380 e. The quantitative estimate of drug-likeness (QED) is 0.769. The SMILES string of the molecule is [C-]#[N+]c1ccccc1N1CCC(CN)CC1. The van der Waals surface area contributed by atoms with Crippen LogP contribution in [0.2, 0.25) is 0 Å². The van der Waals surface area contributed by atoms with Crippen LogP contribution in [-0.2, 0) is 0 Å². The summed E-state index contributed by atoms with van der Waals surface area (Å²) in [5.41, 5.74) is 7.51. The van der Waals surface area contributed by atoms with Crippen LogP contribution in [-0.4, -0.2) is 19.6 Å². The first-order valence-electron chi connectivity index (χ1n) is 5.76. The van der Waals surface area contributed by atoms with Crippen LogP contribution >= 0.6 is 0 Å². The van der Waals surface area contributed by atoms with E-state index in [0.717, 1.165) is 43.9 Å². The van der Waals surface area contributed by atoms with E-state index in [-0.39, 0.29) is 0 Å². The van der Waals surface area contributed by atoms with Gasteiger partial charge in [-0.15, -0.1) is 0 Å². The Labute approximate surface area is 96.7 Å². The molecule has 3 heteroatoms. The molecular formula is C13H17N3. The number of rotatable bonds is 2. The van der Waals surface area contributed by atoms with Crippen molar-refractivity contribution in [2.45, 2.75) is 12.8 Å². The van der Waals surface area contributed by atoms with E-state index in [1.54, 1.807) is 0 Å². The summed E-state index contributed by atoms with van der Waals surface area (Å²) in [6, 6.07) is 7.84. The van der Waals surface area contributed by atoms with Crippen molar-refractivity contribution in [1.82, 2.24) is 0 Å². The van der Waals surface area contributed by atoms with Gasteiger partial charge in [-0.25, -0.2) is 4.85 Å². The minimum atomic E-state index is 0.663. The van der Waals surface area contributed by atoms with Gasteiger partial charge in [0.15, 0.2) is 0 Å². The Hall–Kier alpha value is -1.53. The predicted octanol–water partition coefficient (Wildman–Crippen LogP) is 2.41. The van der Waals surface area contributed by atoms with Crippen LogP contribution < -0.4 is 10.6 Å². The maximum absolute atomic E-state index is 7.16. The zero-order valence-electron chi connectivity index (χ0n) is 9.39. The molecule has 2 rings (SSSR count). The van der Waals surface area contributed by atoms with Crippen molar-refractivity contribution in [3.8, 4) is 0 Å². The van der Waals surface area contributed by atoms with E-state index in [9.17, 15) is 0 Å². The van der Waals surface area contributed by atoms with Crippen molar-refractivity contribution >= 4 is 11.4 Å². The second-order valence-corrected chi connectivity index (χ2v) is 4.27. The summed E-state index contributed by atoms with van der Waals surface area (Å²) in [6.45, 7) is 9.99. The van der Waals surface area contributed by atoms with Gasteiger partial charge in [0.1, 0.15) is 0 Å². The Balaban J connectivity index is 2.11. The van der Waals surface area contributed by atoms with E-state index in [1.165, 1.54) is 0 Å². The summed E-state index contributed by atoms with van der Waals surface area (Å²) in [7, 11) is 0. The van der Waals surface area contributed by atoms with E-state index >= 15 is 0 Å². The molecule has 0 bridgehead atoms. The zero-order valence-corrected chi connectivity index (χ0v) is 9.39. The van der Waals surface area contributed by atoms with Crippen molar-refractivity contribution in [3.05, 3.63) is 35.7 Å². The highest BCUT2D eigenvalue weighted by Crippen LogP contribution is 2.31. The van der Waals surface area contributed by atoms with Gasteiger partial charge in [-0.3, -0.25) is 0 Å². The predicted molar refractivity (Wildman–Crippen MR) is 66.7 cm³/mol. The largest absolute Gasteiger partial charge is 0.380 e. The first kappa shape index (κ1) is 11.0. The molecule has 1 aromatic carbocycles. The molecule has 0 saturated carbocycles. The van der Waals surface area contributed by atoms with Gasteiger partial charge in [0.2, 0.25) is 5.69 Å². The normalized spacial score (nSPS) is 17.1. The Morgan fingerprint density at radius 2 is 2.00 bits per heavy atom. The molecule has 1 heterocycles. The van der Waals surface area contributed by atoms with Gasteiger partial charge in [-0.05, 0) is 31.4 Å². The van der Waals surface area contributed by atoms with Gasteiger partial charge in [0.05, 0.1) is 6.57 Å². The number of hydrogen-bond acceptors (Lipinski definition) is 2. The van der Waals surface area contributed by atoms with Crippen LogP contribution in [0.5, 0.6) is 0 Å². The Morgan fingerprint density at radius 1 is 1.31 bits per heavy atom. The molecule has 0 aromatic heterocycles. The average Bonchev–Trinajstić information content (AvgIpc) is 2.39. The summed E-state index contributed by atoms with van der Waals surface area (Å²) in [4.78, 5) is 5.87. The summed E-state index contributed by atoms with van der Waals surface area (Å²) in [5, 5.41) is 0. The molecule has 84 valence electrons. The molecule has 1 aliphatic rings. The Kier molecular flexibility index (Phi) is 3.43. The molecule has 1 fully saturated rings. The first-order chi connectivity index (χ1) is 7.85. The number of hydrogen-bond donors (Lipinski definition) is 1. The van der Waals surface area contributed by atoms with Crippen LogP contribution in [0, 0.1) is 12.5 Å². The lowest BCUT2D eigenvalue weighted by molar-refractivity contribution is 0.415. The lowest BCUT2D eigenvalue weighted by Crippen LogP contribution is -2.36. The van der Waals surface area contributed by atoms with Crippen molar-refractivity contribution in [1.29, 1.82) is 0 Å². The molecule has 0 amide bonds. The summed E-state index contributed by atoms with van der Waals surface area (Å²) in [6.07, 6.45) is 2.28. The summed E-state index contributed by atoms with van der Waals surface area (Å²) >= 11 is 0. The minimum absolute atomic E-state index is 0.663. The number of anilines is 1. The van der Waals surface area contributed by atoms with Crippen LogP contribution in [0.4, 0.5) is 11.4 Å². The molecule has 1 saturated heterocycles. The maximum atomic E-state index is 7.16. The zero-order chi connectivity index (χ0) is 11.4. The third kappa shape index (κ3) is 2.17. The van der Waals surface area contributed by atoms with Crippen LogP contribution in [0.3, 0.4) is 0 Å². The van der Waals surface area contributed by atoms with Gasteiger partial charge < -0.3 is 10.6 Å². The first-order valence-corrected chi connectivity index (χ1v) is 5.76. The standard InChI is InChI=1S/C13H17N3/c1-15-12-4-2-3-5-13(12)16-8-6-11(10-14)7-9-16/h2-5,11H,6-10,14H2. The summed E-state index contributed by atoms with van der Waals surface area (Å²) in [5.74, 6) is 0.663. The number of nitrogens with zero attached hydrogens (tertiary/aromatic N) is 2. The highest BCUT2D eigenvalue weighted by molar-refractivity contribution is 5.70. The monoisotopic (exact) mass is 215 g/mol. The smallest absolute Gasteiger partial charge is 0.209 e. The van der Waals surface area contributed by atoms with E-state index in [1.807, 2.05) is 24.3 Å². The van der Waals surface area contributed by atoms with E-state index in [0.29, 0.717) is 5.92 Å². The fourth-order valence-corrected chi connectivity index (χ4v) is 2.24. The fraction of sp³-hybridized carbons (Fsp3) is 0.462. The van der Waals surface area contributed by atoms with Crippen LogP contribution in [0.1, 0.15) is 12.8 Å². The molecule has 0 radical (unpaired) electrons. The molecule has 0 atom stereocenters. The van der Waals surface area contributed by atoms with Gasteiger partial charge in [-0.1, -0.05) is 18.2 Å². The van der Waals surface area contributed by atoms with Crippen LogP contribution in [0.15, 0.2) is 24.3 Å². The molecule has 16 heavy (non-hydrogen) atoms. The van der Waals surface area contributed by atoms with E-state index in [2.05, 4.69) is 9.74 Å². The Bertz CT molecular complexity index is 386. The lowest BCUT2D eigenvalue weighted by atomic mass is 9.96. The van der Waals surface area contributed by atoms with Gasteiger partial charge in [0.25, 0.3) is 0 Å². The number of nitrogens with two attached hydrogens (primary N) is 1. The van der Waals surface area contributed by atoms with Crippen molar-refractivity contribution < 1.29 is 0 Å². The topological polar surface area (TPSA) is 33.6 Å². The fourth-order valence-electron chi connectivity index (χ4n) is 2.24. The highest BCUT2D eigenvalue weighted by Gasteiger charge is 2.19. The van der Waals surface area contributed by atoms with Crippen molar-refractivity contribution in [3.63, 3.8) is 0 Å². The highest BCUT2D eigenvalue weighted by atomic mass is 15.1. The molecule has 0 unspecified atom stereocenters. The molecular weight excluding hydrogens is 198 g/mol. The maximum Gasteiger partial charge on any atom is 0.209 e. The molecule has 0 aliphatic carbocycles. The number of para-hydroxylation sites is 2. The molecule has 1 aliphatic heterocycles. The van der Waals surface area contributed by atoms with Crippen molar-refractivity contribution in [2.75, 3.05) is 24.5 Å². The Morgan fingerprint density at radius 3 is 2.62 bits per heavy atom. The molecule has 2 N–H and O–H groups in total. The van der Waals surface area contributed by atoms with Crippen molar-refractivity contribution in [2.24, 2.45) is 11.7 Å². The number of piperidine rings is 1. The molecule has 3 nitrogen and oxygen atoms in total. The average molecular weight is 215 g/mol. The lowest BCUT2D eigenvalue weighted by Gasteiger charge is -2.33. The molecule has 0 spiro atoms. The second kappa shape index (κ2) is 5.00. The molecule has 1 aromatic rings.